The summed E-state index contributed by atoms with van der Waals surface area (Å²) >= 11 is 0. The minimum Gasteiger partial charge on any atom is -0.381 e. The van der Waals surface area contributed by atoms with Crippen LogP contribution in [0.2, 0.25) is 0 Å². The highest BCUT2D eigenvalue weighted by Crippen LogP contribution is 2.13. The Labute approximate surface area is 120 Å². The first-order chi connectivity index (χ1) is 9.59. The van der Waals surface area contributed by atoms with Crippen molar-refractivity contribution in [3.8, 4) is 0 Å². The van der Waals surface area contributed by atoms with Crippen LogP contribution >= 0.6 is 0 Å². The van der Waals surface area contributed by atoms with E-state index in [0.29, 0.717) is 19.7 Å². The molecular formula is C14H22N2O3S. The summed E-state index contributed by atoms with van der Waals surface area (Å²) in [6, 6.07) is 7.34. The van der Waals surface area contributed by atoms with Crippen LogP contribution in [0.15, 0.2) is 24.3 Å². The molecule has 3 N–H and O–H groups in total. The predicted octanol–water partition coefficient (Wildman–Crippen LogP) is 0.991. The smallest absolute Gasteiger partial charge is 0.215 e. The third-order valence-electron chi connectivity index (χ3n) is 3.46. The lowest BCUT2D eigenvalue weighted by Crippen LogP contribution is -2.33. The summed E-state index contributed by atoms with van der Waals surface area (Å²) in [5.41, 5.74) is 7.29. The van der Waals surface area contributed by atoms with Crippen molar-refractivity contribution in [2.45, 2.75) is 25.1 Å². The Bertz CT molecular complexity index is 508. The van der Waals surface area contributed by atoms with Gasteiger partial charge in [0.1, 0.15) is 0 Å². The van der Waals surface area contributed by atoms with E-state index in [1.54, 1.807) is 0 Å². The Kier molecular flexibility index (Phi) is 5.54. The van der Waals surface area contributed by atoms with Crippen LogP contribution in [0.25, 0.3) is 0 Å². The Balaban J connectivity index is 1.85. The van der Waals surface area contributed by atoms with Crippen molar-refractivity contribution in [2.75, 3.05) is 19.8 Å². The van der Waals surface area contributed by atoms with E-state index in [1.807, 2.05) is 24.3 Å². The van der Waals surface area contributed by atoms with Gasteiger partial charge in [-0.15, -0.1) is 0 Å². The summed E-state index contributed by atoms with van der Waals surface area (Å²) in [5, 5.41) is 0. The maximum absolute atomic E-state index is 12.0. The van der Waals surface area contributed by atoms with E-state index in [2.05, 4.69) is 4.72 Å². The molecule has 1 aliphatic heterocycles. The second-order valence-corrected chi connectivity index (χ2v) is 7.02. The van der Waals surface area contributed by atoms with E-state index in [4.69, 9.17) is 10.5 Å². The lowest BCUT2D eigenvalue weighted by molar-refractivity contribution is 0.0568. The van der Waals surface area contributed by atoms with E-state index in [1.165, 1.54) is 0 Å². The number of rotatable bonds is 6. The lowest BCUT2D eigenvalue weighted by atomic mass is 10.0. The van der Waals surface area contributed by atoms with Crippen LogP contribution < -0.4 is 10.5 Å². The van der Waals surface area contributed by atoms with Gasteiger partial charge in [0, 0.05) is 19.7 Å². The van der Waals surface area contributed by atoms with Crippen molar-refractivity contribution in [2.24, 2.45) is 11.7 Å². The zero-order valence-electron chi connectivity index (χ0n) is 11.5. The Morgan fingerprint density at radius 2 is 1.95 bits per heavy atom. The second kappa shape index (κ2) is 7.17. The molecule has 1 atom stereocenters. The molecule has 0 saturated carbocycles. The molecule has 1 aromatic rings. The quantitative estimate of drug-likeness (QED) is 0.820. The summed E-state index contributed by atoms with van der Waals surface area (Å²) in [6.07, 6.45) is 2.03. The number of sulfonamides is 1. The zero-order chi connectivity index (χ0) is 14.4. The van der Waals surface area contributed by atoms with Crippen LogP contribution in [-0.2, 0) is 27.1 Å². The molecule has 1 fully saturated rings. The van der Waals surface area contributed by atoms with Gasteiger partial charge in [0.25, 0.3) is 0 Å². The van der Waals surface area contributed by atoms with Crippen molar-refractivity contribution >= 4 is 10.0 Å². The Morgan fingerprint density at radius 3 is 2.55 bits per heavy atom. The highest BCUT2D eigenvalue weighted by atomic mass is 32.2. The average Bonchev–Trinajstić information content (AvgIpc) is 2.47. The SMILES string of the molecule is NCc1ccc(CS(=O)(=O)NCC2CCCOC2)cc1. The summed E-state index contributed by atoms with van der Waals surface area (Å²) in [5.74, 6) is 0.295. The molecule has 5 nitrogen and oxygen atoms in total. The number of hydrogen-bond donors (Lipinski definition) is 2. The molecule has 0 spiro atoms. The van der Waals surface area contributed by atoms with E-state index < -0.39 is 10.0 Å². The topological polar surface area (TPSA) is 81.4 Å². The van der Waals surface area contributed by atoms with Crippen molar-refractivity contribution in [3.05, 3.63) is 35.4 Å². The zero-order valence-corrected chi connectivity index (χ0v) is 12.4. The van der Waals surface area contributed by atoms with E-state index in [9.17, 15) is 8.42 Å². The molecule has 0 bridgehead atoms. The molecule has 0 aliphatic carbocycles. The molecule has 1 heterocycles. The van der Waals surface area contributed by atoms with Gasteiger partial charge in [0.2, 0.25) is 10.0 Å². The molecule has 20 heavy (non-hydrogen) atoms. The van der Waals surface area contributed by atoms with Crippen molar-refractivity contribution in [1.82, 2.24) is 4.72 Å². The highest BCUT2D eigenvalue weighted by Gasteiger charge is 2.17. The second-order valence-electron chi connectivity index (χ2n) is 5.21. The molecular weight excluding hydrogens is 276 g/mol. The van der Waals surface area contributed by atoms with Gasteiger partial charge in [-0.25, -0.2) is 13.1 Å². The van der Waals surface area contributed by atoms with Gasteiger partial charge in [-0.05, 0) is 29.9 Å². The number of benzene rings is 1. The molecule has 1 unspecified atom stereocenters. The average molecular weight is 298 g/mol. The minimum atomic E-state index is -3.29. The van der Waals surface area contributed by atoms with Crippen molar-refractivity contribution in [3.63, 3.8) is 0 Å². The van der Waals surface area contributed by atoms with Crippen LogP contribution in [-0.4, -0.2) is 28.2 Å². The van der Waals surface area contributed by atoms with Crippen LogP contribution in [0.5, 0.6) is 0 Å². The molecule has 112 valence electrons. The van der Waals surface area contributed by atoms with E-state index >= 15 is 0 Å². The first-order valence-corrected chi connectivity index (χ1v) is 8.57. The predicted molar refractivity (Wildman–Crippen MR) is 78.5 cm³/mol. The largest absolute Gasteiger partial charge is 0.381 e. The summed E-state index contributed by atoms with van der Waals surface area (Å²) < 4.78 is 32.1. The molecule has 0 radical (unpaired) electrons. The molecule has 1 saturated heterocycles. The van der Waals surface area contributed by atoms with Gasteiger partial charge in [0.05, 0.1) is 12.4 Å². The van der Waals surface area contributed by atoms with Gasteiger partial charge >= 0.3 is 0 Å². The fraction of sp³-hybridized carbons (Fsp3) is 0.571. The maximum Gasteiger partial charge on any atom is 0.215 e. The van der Waals surface area contributed by atoms with Gasteiger partial charge in [-0.3, -0.25) is 0 Å². The Hall–Kier alpha value is -0.950. The van der Waals surface area contributed by atoms with Crippen LogP contribution in [0.3, 0.4) is 0 Å². The summed E-state index contributed by atoms with van der Waals surface area (Å²) in [6.45, 7) is 2.36. The maximum atomic E-state index is 12.0. The van der Waals surface area contributed by atoms with Crippen molar-refractivity contribution in [1.29, 1.82) is 0 Å². The van der Waals surface area contributed by atoms with Gasteiger partial charge in [-0.2, -0.15) is 0 Å². The van der Waals surface area contributed by atoms with E-state index in [0.717, 1.165) is 30.6 Å². The molecule has 2 rings (SSSR count). The molecule has 0 amide bonds. The minimum absolute atomic E-state index is 0.00539. The monoisotopic (exact) mass is 298 g/mol. The van der Waals surface area contributed by atoms with Gasteiger partial charge in [0.15, 0.2) is 0 Å². The van der Waals surface area contributed by atoms with Gasteiger partial charge < -0.3 is 10.5 Å². The number of hydrogen-bond acceptors (Lipinski definition) is 4. The molecule has 1 aromatic carbocycles. The fourth-order valence-corrected chi connectivity index (χ4v) is 3.48. The Morgan fingerprint density at radius 1 is 1.25 bits per heavy atom. The molecule has 0 aromatic heterocycles. The summed E-state index contributed by atoms with van der Waals surface area (Å²) in [7, 11) is -3.29. The highest BCUT2D eigenvalue weighted by molar-refractivity contribution is 7.88. The lowest BCUT2D eigenvalue weighted by Gasteiger charge is -2.22. The van der Waals surface area contributed by atoms with Crippen molar-refractivity contribution < 1.29 is 13.2 Å². The molecule has 1 aliphatic rings. The van der Waals surface area contributed by atoms with E-state index in [-0.39, 0.29) is 11.7 Å². The third kappa shape index (κ3) is 4.86. The standard InChI is InChI=1S/C14H22N2O3S/c15-8-12-3-5-13(6-4-12)11-20(17,18)16-9-14-2-1-7-19-10-14/h3-6,14,16H,1-2,7-11,15H2. The normalized spacial score (nSPS) is 19.9. The molecule has 6 heteroatoms. The summed E-state index contributed by atoms with van der Waals surface area (Å²) in [4.78, 5) is 0. The number of ether oxygens (including phenoxy) is 1. The van der Waals surface area contributed by atoms with Gasteiger partial charge in [-0.1, -0.05) is 24.3 Å². The third-order valence-corrected chi connectivity index (χ3v) is 4.78. The number of nitrogens with one attached hydrogen (secondary N) is 1. The first-order valence-electron chi connectivity index (χ1n) is 6.92. The number of nitrogens with two attached hydrogens (primary N) is 1. The van der Waals surface area contributed by atoms with Crippen LogP contribution in [0, 0.1) is 5.92 Å². The fourth-order valence-electron chi connectivity index (χ4n) is 2.26. The van der Waals surface area contributed by atoms with Crippen LogP contribution in [0.4, 0.5) is 0 Å². The van der Waals surface area contributed by atoms with Crippen LogP contribution in [0.1, 0.15) is 24.0 Å². The first kappa shape index (κ1) is 15.4.